The number of piperidine rings is 1. The maximum absolute atomic E-state index is 13.3. The quantitative estimate of drug-likeness (QED) is 0.199. The molecule has 2 unspecified atom stereocenters. The number of benzene rings is 3. The van der Waals surface area contributed by atoms with Gasteiger partial charge in [-0.15, -0.1) is 0 Å². The van der Waals surface area contributed by atoms with Crippen LogP contribution in [0.5, 0.6) is 11.5 Å². The van der Waals surface area contributed by atoms with E-state index in [1.807, 2.05) is 65.6 Å². The summed E-state index contributed by atoms with van der Waals surface area (Å²) in [7, 11) is 1.71. The number of carbonyl (C=O) groups is 2. The van der Waals surface area contributed by atoms with E-state index in [4.69, 9.17) is 20.2 Å². The number of fused-ring (bicyclic) bond motifs is 1. The molecule has 10 heteroatoms. The molecule has 1 saturated heterocycles. The second-order valence-electron chi connectivity index (χ2n) is 10.8. The Hall–Kier alpha value is -4.41. The lowest BCUT2D eigenvalue weighted by molar-refractivity contribution is -0.132. The molecule has 1 fully saturated rings. The van der Waals surface area contributed by atoms with Gasteiger partial charge < -0.3 is 35.3 Å². The van der Waals surface area contributed by atoms with Crippen molar-refractivity contribution in [2.24, 2.45) is 5.73 Å². The number of nitrogens with zero attached hydrogens (tertiary/aromatic N) is 3. The number of methoxy groups -OCH3 is 1. The molecule has 2 atom stereocenters. The number of hydrogen-bond donors (Lipinski definition) is 3. The molecule has 5 rings (SSSR count). The van der Waals surface area contributed by atoms with Gasteiger partial charge in [-0.1, -0.05) is 42.5 Å². The zero-order valence-electron chi connectivity index (χ0n) is 24.6. The second kappa shape index (κ2) is 14.7. The molecule has 0 aliphatic carbocycles. The number of imidazole rings is 1. The summed E-state index contributed by atoms with van der Waals surface area (Å²) in [5.74, 6) is 2.35. The SMILES string of the molecule is COCCCn1c(C2CCCN(C(=O)CC(N)CNC(=O)Nc3ccccc3Oc3ccccc3)C2)nc2ccccc21. The lowest BCUT2D eigenvalue weighted by atomic mass is 9.96. The van der Waals surface area contributed by atoms with E-state index < -0.39 is 12.1 Å². The third-order valence-electron chi connectivity index (χ3n) is 7.62. The van der Waals surface area contributed by atoms with Crippen LogP contribution in [0.15, 0.2) is 78.9 Å². The van der Waals surface area contributed by atoms with Crippen LogP contribution in [0, 0.1) is 0 Å². The Bertz CT molecular complexity index is 1510. The molecule has 0 saturated carbocycles. The first kappa shape index (κ1) is 30.1. The standard InChI is InChI=1S/C33H40N6O4/c1-42-20-10-19-39-29-16-7-5-14-27(29)36-32(39)24-11-9-18-38(23-24)31(40)21-25(34)22-35-33(41)37-28-15-6-8-17-30(28)43-26-12-3-2-4-13-26/h2-8,12-17,24-25H,9-11,18-23,34H2,1H3,(H2,35,37,41). The highest BCUT2D eigenvalue weighted by atomic mass is 16.5. The van der Waals surface area contributed by atoms with Gasteiger partial charge in [-0.25, -0.2) is 9.78 Å². The number of nitrogens with two attached hydrogens (primary N) is 1. The number of para-hydroxylation sites is 5. The number of aryl methyl sites for hydroxylation is 1. The molecule has 4 N–H and O–H groups in total. The fourth-order valence-corrected chi connectivity index (χ4v) is 5.51. The average molecular weight is 585 g/mol. The molecular formula is C33H40N6O4. The maximum atomic E-state index is 13.3. The summed E-state index contributed by atoms with van der Waals surface area (Å²) in [6, 6.07) is 23.8. The van der Waals surface area contributed by atoms with E-state index in [1.165, 1.54) is 0 Å². The van der Waals surface area contributed by atoms with Gasteiger partial charge in [0.05, 0.1) is 16.7 Å². The summed E-state index contributed by atoms with van der Waals surface area (Å²) in [6.45, 7) is 2.95. The molecule has 0 bridgehead atoms. The number of nitrogens with one attached hydrogen (secondary N) is 2. The maximum Gasteiger partial charge on any atom is 0.319 e. The largest absolute Gasteiger partial charge is 0.455 e. The molecular weight excluding hydrogens is 544 g/mol. The topological polar surface area (TPSA) is 124 Å². The monoisotopic (exact) mass is 584 g/mol. The molecule has 43 heavy (non-hydrogen) atoms. The number of rotatable bonds is 12. The van der Waals surface area contributed by atoms with Crippen LogP contribution in [0.3, 0.4) is 0 Å². The molecule has 3 amide bonds. The lowest BCUT2D eigenvalue weighted by Gasteiger charge is -2.33. The van der Waals surface area contributed by atoms with Crippen molar-refractivity contribution in [1.29, 1.82) is 0 Å². The first-order valence-corrected chi connectivity index (χ1v) is 14.9. The molecule has 226 valence electrons. The number of anilines is 1. The predicted octanol–water partition coefficient (Wildman–Crippen LogP) is 5.11. The summed E-state index contributed by atoms with van der Waals surface area (Å²) >= 11 is 0. The molecule has 1 aliphatic rings. The number of likely N-dealkylation sites (tertiary alicyclic amines) is 1. The van der Waals surface area contributed by atoms with Crippen molar-refractivity contribution in [3.8, 4) is 11.5 Å². The normalized spacial score (nSPS) is 15.7. The number of urea groups is 1. The van der Waals surface area contributed by atoms with Crippen LogP contribution in [-0.2, 0) is 16.1 Å². The fourth-order valence-electron chi connectivity index (χ4n) is 5.51. The van der Waals surface area contributed by atoms with Crippen LogP contribution < -0.4 is 21.1 Å². The van der Waals surface area contributed by atoms with Gasteiger partial charge in [0, 0.05) is 58.3 Å². The average Bonchev–Trinajstić information content (AvgIpc) is 3.40. The minimum Gasteiger partial charge on any atom is -0.455 e. The highest BCUT2D eigenvalue weighted by molar-refractivity contribution is 5.91. The summed E-state index contributed by atoms with van der Waals surface area (Å²) in [5, 5.41) is 5.60. The van der Waals surface area contributed by atoms with Gasteiger partial charge in [-0.3, -0.25) is 4.79 Å². The number of carbonyl (C=O) groups excluding carboxylic acids is 2. The minimum absolute atomic E-state index is 0.0111. The van der Waals surface area contributed by atoms with Crippen LogP contribution in [0.4, 0.5) is 10.5 Å². The van der Waals surface area contributed by atoms with Gasteiger partial charge in [0.25, 0.3) is 0 Å². The Morgan fingerprint density at radius 3 is 2.65 bits per heavy atom. The number of amides is 3. The van der Waals surface area contributed by atoms with E-state index in [-0.39, 0.29) is 24.8 Å². The van der Waals surface area contributed by atoms with E-state index >= 15 is 0 Å². The van der Waals surface area contributed by atoms with Crippen LogP contribution in [0.2, 0.25) is 0 Å². The van der Waals surface area contributed by atoms with Gasteiger partial charge in [0.15, 0.2) is 5.75 Å². The summed E-state index contributed by atoms with van der Waals surface area (Å²) in [5.41, 5.74) is 8.91. The van der Waals surface area contributed by atoms with E-state index in [1.54, 1.807) is 19.2 Å². The van der Waals surface area contributed by atoms with Gasteiger partial charge in [0.1, 0.15) is 11.6 Å². The third kappa shape index (κ3) is 7.91. The van der Waals surface area contributed by atoms with Crippen molar-refractivity contribution in [2.45, 2.75) is 44.2 Å². The van der Waals surface area contributed by atoms with Crippen molar-refractivity contribution in [2.75, 3.05) is 38.7 Å². The third-order valence-corrected chi connectivity index (χ3v) is 7.62. The molecule has 0 radical (unpaired) electrons. The fraction of sp³-hybridized carbons (Fsp3) is 0.364. The molecule has 3 aromatic carbocycles. The van der Waals surface area contributed by atoms with Crippen LogP contribution in [0.25, 0.3) is 11.0 Å². The van der Waals surface area contributed by atoms with Gasteiger partial charge in [0.2, 0.25) is 5.91 Å². The summed E-state index contributed by atoms with van der Waals surface area (Å²) in [6.07, 6.45) is 2.91. The van der Waals surface area contributed by atoms with Crippen LogP contribution in [-0.4, -0.2) is 65.8 Å². The number of ether oxygens (including phenoxy) is 2. The lowest BCUT2D eigenvalue weighted by Crippen LogP contribution is -2.45. The summed E-state index contributed by atoms with van der Waals surface area (Å²) < 4.78 is 13.5. The molecule has 1 aliphatic heterocycles. The van der Waals surface area contributed by atoms with E-state index in [2.05, 4.69) is 21.3 Å². The van der Waals surface area contributed by atoms with Crippen LogP contribution in [0.1, 0.15) is 37.4 Å². The number of hydrogen-bond acceptors (Lipinski definition) is 6. The van der Waals surface area contributed by atoms with Crippen molar-refractivity contribution in [3.05, 3.63) is 84.7 Å². The van der Waals surface area contributed by atoms with Gasteiger partial charge in [-0.2, -0.15) is 0 Å². The van der Waals surface area contributed by atoms with Crippen molar-refractivity contribution < 1.29 is 19.1 Å². The number of aromatic nitrogens is 2. The minimum atomic E-state index is -0.520. The zero-order chi connectivity index (χ0) is 30.0. The molecule has 2 heterocycles. The zero-order valence-corrected chi connectivity index (χ0v) is 24.6. The Kier molecular flexibility index (Phi) is 10.2. The first-order chi connectivity index (χ1) is 21.0. The molecule has 4 aromatic rings. The Morgan fingerprint density at radius 1 is 1.05 bits per heavy atom. The smallest absolute Gasteiger partial charge is 0.319 e. The van der Waals surface area contributed by atoms with Crippen molar-refractivity contribution >= 4 is 28.7 Å². The molecule has 0 spiro atoms. The Labute approximate surface area is 252 Å². The van der Waals surface area contributed by atoms with E-state index in [0.29, 0.717) is 36.9 Å². The van der Waals surface area contributed by atoms with Crippen molar-refractivity contribution in [3.63, 3.8) is 0 Å². The second-order valence-corrected chi connectivity index (χ2v) is 10.8. The molecule has 10 nitrogen and oxygen atoms in total. The highest BCUT2D eigenvalue weighted by Gasteiger charge is 2.29. The Morgan fingerprint density at radius 2 is 1.81 bits per heavy atom. The predicted molar refractivity (Wildman–Crippen MR) is 167 cm³/mol. The van der Waals surface area contributed by atoms with E-state index in [9.17, 15) is 9.59 Å². The van der Waals surface area contributed by atoms with Crippen molar-refractivity contribution in [1.82, 2.24) is 19.8 Å². The van der Waals surface area contributed by atoms with Gasteiger partial charge in [-0.05, 0) is 55.7 Å². The highest BCUT2D eigenvalue weighted by Crippen LogP contribution is 2.31. The van der Waals surface area contributed by atoms with Crippen LogP contribution >= 0.6 is 0 Å². The Balaban J connectivity index is 1.14. The van der Waals surface area contributed by atoms with E-state index in [0.717, 1.165) is 42.7 Å². The van der Waals surface area contributed by atoms with Gasteiger partial charge >= 0.3 is 6.03 Å². The molecule has 1 aromatic heterocycles. The first-order valence-electron chi connectivity index (χ1n) is 14.9. The summed E-state index contributed by atoms with van der Waals surface area (Å²) in [4.78, 5) is 32.8.